The highest BCUT2D eigenvalue weighted by atomic mass is 35.5. The van der Waals surface area contributed by atoms with Gasteiger partial charge in [-0.25, -0.2) is 0 Å². The van der Waals surface area contributed by atoms with Crippen LogP contribution in [-0.2, 0) is 16.1 Å². The van der Waals surface area contributed by atoms with E-state index in [0.717, 1.165) is 49.4 Å². The Kier molecular flexibility index (Phi) is 8.69. The number of benzene rings is 1. The Morgan fingerprint density at radius 2 is 2.12 bits per heavy atom. The van der Waals surface area contributed by atoms with E-state index >= 15 is 0 Å². The maximum Gasteiger partial charge on any atom is 0.220 e. The van der Waals surface area contributed by atoms with Crippen molar-refractivity contribution in [3.63, 3.8) is 0 Å². The molecule has 2 heterocycles. The third-order valence-electron chi connectivity index (χ3n) is 5.12. The zero-order chi connectivity index (χ0) is 17.5. The number of carbonyl (C=O) groups is 1. The van der Waals surface area contributed by atoms with Crippen LogP contribution in [-0.4, -0.2) is 38.3 Å². The van der Waals surface area contributed by atoms with Gasteiger partial charge in [-0.05, 0) is 56.8 Å². The van der Waals surface area contributed by atoms with Gasteiger partial charge in [0.05, 0.1) is 13.2 Å². The van der Waals surface area contributed by atoms with Gasteiger partial charge in [0.2, 0.25) is 5.91 Å². The molecule has 1 unspecified atom stereocenters. The van der Waals surface area contributed by atoms with Crippen molar-refractivity contribution in [3.05, 3.63) is 29.3 Å². The topological polar surface area (TPSA) is 59.6 Å². The Hall–Kier alpha value is -1.30. The third kappa shape index (κ3) is 6.45. The quantitative estimate of drug-likeness (QED) is 0.761. The number of rotatable bonds is 7. The number of piperidine rings is 1. The number of nitrogens with one attached hydrogen (secondary N) is 2. The van der Waals surface area contributed by atoms with Gasteiger partial charge in [0.15, 0.2) is 0 Å². The molecule has 0 saturated carbocycles. The van der Waals surface area contributed by atoms with E-state index in [4.69, 9.17) is 9.47 Å². The molecule has 2 saturated heterocycles. The Bertz CT molecular complexity index is 570. The van der Waals surface area contributed by atoms with Crippen LogP contribution < -0.4 is 15.4 Å². The lowest BCUT2D eigenvalue weighted by Crippen LogP contribution is -2.29. The molecule has 2 fully saturated rings. The van der Waals surface area contributed by atoms with Crippen molar-refractivity contribution >= 4 is 18.3 Å². The summed E-state index contributed by atoms with van der Waals surface area (Å²) in [6.45, 7) is 6.16. The first kappa shape index (κ1) is 21.0. The molecule has 6 heteroatoms. The van der Waals surface area contributed by atoms with E-state index in [-0.39, 0.29) is 24.4 Å². The highest BCUT2D eigenvalue weighted by Gasteiger charge is 2.19. The summed E-state index contributed by atoms with van der Waals surface area (Å²) < 4.78 is 11.5. The smallest absolute Gasteiger partial charge is 0.220 e. The minimum absolute atomic E-state index is 0. The van der Waals surface area contributed by atoms with Crippen molar-refractivity contribution in [1.29, 1.82) is 0 Å². The van der Waals surface area contributed by atoms with Crippen molar-refractivity contribution in [3.8, 4) is 5.75 Å². The Balaban J connectivity index is 0.00000243. The number of aryl methyl sites for hydroxylation is 1. The van der Waals surface area contributed by atoms with E-state index in [1.807, 2.05) is 6.07 Å². The first-order valence-electron chi connectivity index (χ1n) is 9.52. The number of carbonyl (C=O) groups excluding carboxylic acids is 1. The van der Waals surface area contributed by atoms with Gasteiger partial charge >= 0.3 is 0 Å². The molecule has 0 aromatic heterocycles. The summed E-state index contributed by atoms with van der Waals surface area (Å²) in [5, 5.41) is 6.42. The first-order valence-corrected chi connectivity index (χ1v) is 9.52. The Morgan fingerprint density at radius 1 is 1.31 bits per heavy atom. The summed E-state index contributed by atoms with van der Waals surface area (Å²) in [7, 11) is 0. The lowest BCUT2D eigenvalue weighted by Gasteiger charge is -2.22. The van der Waals surface area contributed by atoms with Crippen LogP contribution in [0.4, 0.5) is 0 Å². The molecule has 1 amide bonds. The number of amides is 1. The number of ether oxygens (including phenoxy) is 2. The van der Waals surface area contributed by atoms with Gasteiger partial charge in [0.25, 0.3) is 0 Å². The maximum atomic E-state index is 12.2. The first-order chi connectivity index (χ1) is 12.2. The second kappa shape index (κ2) is 10.8. The fourth-order valence-corrected chi connectivity index (χ4v) is 3.49. The van der Waals surface area contributed by atoms with Gasteiger partial charge in [-0.3, -0.25) is 4.79 Å². The van der Waals surface area contributed by atoms with Crippen LogP contribution in [0, 0.1) is 12.8 Å². The Labute approximate surface area is 162 Å². The Morgan fingerprint density at radius 3 is 2.85 bits per heavy atom. The minimum atomic E-state index is 0. The molecule has 26 heavy (non-hydrogen) atoms. The second-order valence-corrected chi connectivity index (χ2v) is 7.22. The SMILES string of the molecule is Cc1ccc(CNC(=O)CCC2CCNCC2)c(OC2CCOC2)c1.Cl. The fraction of sp³-hybridized carbons (Fsp3) is 0.650. The van der Waals surface area contributed by atoms with Crippen LogP contribution in [0.5, 0.6) is 5.75 Å². The minimum Gasteiger partial charge on any atom is -0.488 e. The summed E-state index contributed by atoms with van der Waals surface area (Å²) >= 11 is 0. The van der Waals surface area contributed by atoms with E-state index < -0.39 is 0 Å². The molecule has 146 valence electrons. The van der Waals surface area contributed by atoms with Crippen LogP contribution in [0.2, 0.25) is 0 Å². The van der Waals surface area contributed by atoms with Gasteiger partial charge in [-0.15, -0.1) is 12.4 Å². The van der Waals surface area contributed by atoms with Crippen LogP contribution in [0.15, 0.2) is 18.2 Å². The van der Waals surface area contributed by atoms with E-state index in [1.165, 1.54) is 12.8 Å². The average Bonchev–Trinajstić information content (AvgIpc) is 3.13. The fourth-order valence-electron chi connectivity index (χ4n) is 3.49. The zero-order valence-electron chi connectivity index (χ0n) is 15.6. The van der Waals surface area contributed by atoms with Crippen molar-refractivity contribution in [2.24, 2.45) is 5.92 Å². The molecular weight excluding hydrogens is 352 g/mol. The van der Waals surface area contributed by atoms with Crippen molar-refractivity contribution < 1.29 is 14.3 Å². The monoisotopic (exact) mass is 382 g/mol. The average molecular weight is 383 g/mol. The molecule has 5 nitrogen and oxygen atoms in total. The molecular formula is C20H31ClN2O3. The van der Waals surface area contributed by atoms with Crippen LogP contribution in [0.25, 0.3) is 0 Å². The molecule has 2 N–H and O–H groups in total. The van der Waals surface area contributed by atoms with Gasteiger partial charge in [-0.2, -0.15) is 0 Å². The standard InChI is InChI=1S/C20H30N2O3.ClH/c1-15-2-4-17(19(12-15)25-18-8-11-24-14-18)13-22-20(23)5-3-16-6-9-21-10-7-16;/h2,4,12,16,18,21H,3,5-11,13-14H2,1H3,(H,22,23);1H. The molecule has 0 bridgehead atoms. The van der Waals surface area contributed by atoms with Gasteiger partial charge < -0.3 is 20.1 Å². The normalized spacial score (nSPS) is 20.4. The van der Waals surface area contributed by atoms with Crippen molar-refractivity contribution in [2.75, 3.05) is 26.3 Å². The molecule has 1 aromatic carbocycles. The number of hydrogen-bond donors (Lipinski definition) is 2. The summed E-state index contributed by atoms with van der Waals surface area (Å²) in [6, 6.07) is 6.16. The van der Waals surface area contributed by atoms with Crippen molar-refractivity contribution in [1.82, 2.24) is 10.6 Å². The van der Waals surface area contributed by atoms with E-state index in [1.54, 1.807) is 0 Å². The van der Waals surface area contributed by atoms with Gasteiger partial charge in [0, 0.05) is 24.9 Å². The summed E-state index contributed by atoms with van der Waals surface area (Å²) in [4.78, 5) is 12.2. The largest absolute Gasteiger partial charge is 0.488 e. The highest BCUT2D eigenvalue weighted by molar-refractivity contribution is 5.85. The molecule has 1 atom stereocenters. The second-order valence-electron chi connectivity index (χ2n) is 7.22. The summed E-state index contributed by atoms with van der Waals surface area (Å²) in [5.41, 5.74) is 2.20. The summed E-state index contributed by atoms with van der Waals surface area (Å²) in [6.07, 6.45) is 5.03. The van der Waals surface area contributed by atoms with Crippen LogP contribution >= 0.6 is 12.4 Å². The highest BCUT2D eigenvalue weighted by Crippen LogP contribution is 2.24. The molecule has 1 aromatic rings. The summed E-state index contributed by atoms with van der Waals surface area (Å²) in [5.74, 6) is 1.69. The lowest BCUT2D eigenvalue weighted by molar-refractivity contribution is -0.121. The molecule has 3 rings (SSSR count). The molecule has 2 aliphatic heterocycles. The zero-order valence-corrected chi connectivity index (χ0v) is 16.4. The van der Waals surface area contributed by atoms with Gasteiger partial charge in [0.1, 0.15) is 11.9 Å². The predicted octanol–water partition coefficient (Wildman–Crippen LogP) is 2.98. The molecule has 0 radical (unpaired) electrons. The van der Waals surface area contributed by atoms with E-state index in [9.17, 15) is 4.79 Å². The van der Waals surface area contributed by atoms with E-state index in [0.29, 0.717) is 25.5 Å². The number of hydrogen-bond acceptors (Lipinski definition) is 4. The lowest BCUT2D eigenvalue weighted by atomic mass is 9.93. The predicted molar refractivity (Wildman–Crippen MR) is 105 cm³/mol. The number of halogens is 1. The molecule has 0 aliphatic carbocycles. The van der Waals surface area contributed by atoms with E-state index in [2.05, 4.69) is 29.7 Å². The van der Waals surface area contributed by atoms with Gasteiger partial charge in [-0.1, -0.05) is 12.1 Å². The van der Waals surface area contributed by atoms with Crippen LogP contribution in [0.3, 0.4) is 0 Å². The third-order valence-corrected chi connectivity index (χ3v) is 5.12. The molecule has 2 aliphatic rings. The van der Waals surface area contributed by atoms with Crippen molar-refractivity contribution in [2.45, 2.75) is 51.7 Å². The maximum absolute atomic E-state index is 12.2. The van der Waals surface area contributed by atoms with Crippen LogP contribution in [0.1, 0.15) is 43.2 Å². The molecule has 0 spiro atoms.